The highest BCUT2D eigenvalue weighted by Gasteiger charge is 2.15. The number of phenols is 1. The second-order valence-corrected chi connectivity index (χ2v) is 5.13. The van der Waals surface area contributed by atoms with E-state index < -0.39 is 11.9 Å². The molecule has 0 aliphatic carbocycles. The summed E-state index contributed by atoms with van der Waals surface area (Å²) in [7, 11) is 0. The van der Waals surface area contributed by atoms with Crippen LogP contribution in [0.5, 0.6) is 5.75 Å². The minimum atomic E-state index is -1.22. The first-order valence-electron chi connectivity index (χ1n) is 5.61. The first-order valence-corrected chi connectivity index (χ1v) is 6.69. The van der Waals surface area contributed by atoms with Gasteiger partial charge in [0.15, 0.2) is 0 Å². The average Bonchev–Trinajstić information content (AvgIpc) is 2.41. The second kappa shape index (κ2) is 5.91. The molecule has 6 heteroatoms. The number of phenolic OH excluding ortho intramolecular Hbond substituents is 1. The van der Waals surface area contributed by atoms with Gasteiger partial charge >= 0.3 is 5.97 Å². The summed E-state index contributed by atoms with van der Waals surface area (Å²) in [6, 6.07) is 10.7. The van der Waals surface area contributed by atoms with Crippen LogP contribution in [0.1, 0.15) is 20.7 Å². The molecule has 0 aliphatic rings. The van der Waals surface area contributed by atoms with E-state index in [0.29, 0.717) is 5.56 Å². The summed E-state index contributed by atoms with van der Waals surface area (Å²) in [5, 5.41) is 20.9. The number of halogens is 1. The zero-order valence-corrected chi connectivity index (χ0v) is 12.3. The fourth-order valence-electron chi connectivity index (χ4n) is 1.65. The summed E-state index contributed by atoms with van der Waals surface area (Å²) in [6.45, 7) is 0. The molecule has 5 nitrogen and oxygen atoms in total. The minimum absolute atomic E-state index is 0.139. The SMILES string of the molecule is O=C(Nc1ccc(O)cc1C(=O)O)c1ccccc1I. The van der Waals surface area contributed by atoms with Gasteiger partial charge in [-0.3, -0.25) is 4.79 Å². The Morgan fingerprint density at radius 3 is 2.40 bits per heavy atom. The molecular formula is C14H10INO4. The number of aromatic carboxylic acids is 1. The molecule has 0 atom stereocenters. The van der Waals surface area contributed by atoms with Crippen molar-refractivity contribution in [3.63, 3.8) is 0 Å². The Balaban J connectivity index is 2.33. The summed E-state index contributed by atoms with van der Waals surface area (Å²) in [5.41, 5.74) is 0.432. The molecule has 0 aromatic heterocycles. The van der Waals surface area contributed by atoms with E-state index in [0.717, 1.165) is 9.64 Å². The van der Waals surface area contributed by atoms with E-state index in [4.69, 9.17) is 5.11 Å². The lowest BCUT2D eigenvalue weighted by atomic mass is 10.1. The Morgan fingerprint density at radius 1 is 1.05 bits per heavy atom. The predicted molar refractivity (Wildman–Crippen MR) is 82.2 cm³/mol. The van der Waals surface area contributed by atoms with Crippen LogP contribution in [0.4, 0.5) is 5.69 Å². The maximum Gasteiger partial charge on any atom is 0.337 e. The third-order valence-electron chi connectivity index (χ3n) is 2.60. The quantitative estimate of drug-likeness (QED) is 0.562. The van der Waals surface area contributed by atoms with Crippen LogP contribution in [0, 0.1) is 3.57 Å². The normalized spacial score (nSPS) is 10.1. The van der Waals surface area contributed by atoms with Crippen molar-refractivity contribution in [2.24, 2.45) is 0 Å². The van der Waals surface area contributed by atoms with Crippen molar-refractivity contribution in [3.05, 3.63) is 57.2 Å². The molecule has 0 saturated heterocycles. The zero-order valence-electron chi connectivity index (χ0n) is 10.1. The fourth-order valence-corrected chi connectivity index (χ4v) is 2.29. The van der Waals surface area contributed by atoms with Gasteiger partial charge in [0, 0.05) is 3.57 Å². The van der Waals surface area contributed by atoms with Gasteiger partial charge in [-0.1, -0.05) is 12.1 Å². The van der Waals surface area contributed by atoms with Crippen LogP contribution >= 0.6 is 22.6 Å². The summed E-state index contributed by atoms with van der Waals surface area (Å²) in [6.07, 6.45) is 0. The number of benzene rings is 2. The van der Waals surface area contributed by atoms with Gasteiger partial charge in [0.2, 0.25) is 0 Å². The lowest BCUT2D eigenvalue weighted by Crippen LogP contribution is -2.15. The molecule has 1 amide bonds. The number of carboxylic acid groups (broad SMARTS) is 1. The van der Waals surface area contributed by atoms with Crippen molar-refractivity contribution in [1.29, 1.82) is 0 Å². The van der Waals surface area contributed by atoms with Gasteiger partial charge < -0.3 is 15.5 Å². The molecule has 102 valence electrons. The lowest BCUT2D eigenvalue weighted by Gasteiger charge is -2.09. The van der Waals surface area contributed by atoms with E-state index in [1.54, 1.807) is 18.2 Å². The van der Waals surface area contributed by atoms with Crippen molar-refractivity contribution in [2.45, 2.75) is 0 Å². The van der Waals surface area contributed by atoms with Crippen LogP contribution in [0.2, 0.25) is 0 Å². The largest absolute Gasteiger partial charge is 0.508 e. The maximum absolute atomic E-state index is 12.1. The van der Waals surface area contributed by atoms with Crippen molar-refractivity contribution in [3.8, 4) is 5.75 Å². The van der Waals surface area contributed by atoms with Gasteiger partial charge in [0.05, 0.1) is 16.8 Å². The number of carbonyl (C=O) groups excluding carboxylic acids is 1. The van der Waals surface area contributed by atoms with Crippen LogP contribution < -0.4 is 5.32 Å². The molecule has 2 rings (SSSR count). The summed E-state index contributed by atoms with van der Waals surface area (Å²) in [5.74, 6) is -1.79. The van der Waals surface area contributed by atoms with Gasteiger partial charge in [-0.15, -0.1) is 0 Å². The molecule has 2 aromatic carbocycles. The fraction of sp³-hybridized carbons (Fsp3) is 0. The molecule has 0 spiro atoms. The number of anilines is 1. The van der Waals surface area contributed by atoms with Crippen molar-refractivity contribution < 1.29 is 19.8 Å². The monoisotopic (exact) mass is 383 g/mol. The van der Waals surface area contributed by atoms with Gasteiger partial charge in [-0.05, 0) is 52.9 Å². The third-order valence-corrected chi connectivity index (χ3v) is 3.54. The Kier molecular flexibility index (Phi) is 4.23. The van der Waals surface area contributed by atoms with Crippen LogP contribution in [0.3, 0.4) is 0 Å². The molecule has 2 aromatic rings. The standard InChI is InChI=1S/C14H10INO4/c15-11-4-2-1-3-9(11)13(18)16-12-6-5-8(17)7-10(12)14(19)20/h1-7,17H,(H,16,18)(H,19,20). The first kappa shape index (κ1) is 14.3. The Bertz CT molecular complexity index is 685. The second-order valence-electron chi connectivity index (χ2n) is 3.97. The van der Waals surface area contributed by atoms with Crippen molar-refractivity contribution in [1.82, 2.24) is 0 Å². The number of nitrogens with one attached hydrogen (secondary N) is 1. The molecule has 0 saturated carbocycles. The third kappa shape index (κ3) is 3.08. The number of carboxylic acids is 1. The van der Waals surface area contributed by atoms with E-state index in [1.165, 1.54) is 12.1 Å². The van der Waals surface area contributed by atoms with E-state index in [2.05, 4.69) is 5.32 Å². The molecule has 20 heavy (non-hydrogen) atoms. The Hall–Kier alpha value is -2.09. The number of rotatable bonds is 3. The Morgan fingerprint density at radius 2 is 1.75 bits per heavy atom. The predicted octanol–water partition coefficient (Wildman–Crippen LogP) is 2.95. The highest BCUT2D eigenvalue weighted by atomic mass is 127. The van der Waals surface area contributed by atoms with Crippen molar-refractivity contribution in [2.75, 3.05) is 5.32 Å². The highest BCUT2D eigenvalue weighted by molar-refractivity contribution is 14.1. The van der Waals surface area contributed by atoms with Crippen LogP contribution in [-0.2, 0) is 0 Å². The van der Waals surface area contributed by atoms with E-state index >= 15 is 0 Å². The molecule has 0 unspecified atom stereocenters. The summed E-state index contributed by atoms with van der Waals surface area (Å²) in [4.78, 5) is 23.2. The number of amides is 1. The topological polar surface area (TPSA) is 86.6 Å². The lowest BCUT2D eigenvalue weighted by molar-refractivity contribution is 0.0697. The molecule has 0 fully saturated rings. The van der Waals surface area contributed by atoms with Gasteiger partial charge in [-0.25, -0.2) is 4.79 Å². The van der Waals surface area contributed by atoms with E-state index in [1.807, 2.05) is 28.7 Å². The maximum atomic E-state index is 12.1. The van der Waals surface area contributed by atoms with Gasteiger partial charge in [0.1, 0.15) is 5.75 Å². The Labute approximate surface area is 128 Å². The number of carbonyl (C=O) groups is 2. The molecule has 0 radical (unpaired) electrons. The molecule has 0 bridgehead atoms. The first-order chi connectivity index (χ1) is 9.49. The zero-order chi connectivity index (χ0) is 14.7. The van der Waals surface area contributed by atoms with Crippen LogP contribution in [0.15, 0.2) is 42.5 Å². The number of aromatic hydroxyl groups is 1. The molecule has 3 N–H and O–H groups in total. The molecule has 0 heterocycles. The van der Waals surface area contributed by atoms with E-state index in [-0.39, 0.29) is 17.0 Å². The van der Waals surface area contributed by atoms with E-state index in [9.17, 15) is 14.7 Å². The van der Waals surface area contributed by atoms with Gasteiger partial charge in [0.25, 0.3) is 5.91 Å². The van der Waals surface area contributed by atoms with Gasteiger partial charge in [-0.2, -0.15) is 0 Å². The number of hydrogen-bond donors (Lipinski definition) is 3. The summed E-state index contributed by atoms with van der Waals surface area (Å²) < 4.78 is 0.762. The molecular weight excluding hydrogens is 373 g/mol. The molecule has 0 aliphatic heterocycles. The minimum Gasteiger partial charge on any atom is -0.508 e. The average molecular weight is 383 g/mol. The van der Waals surface area contributed by atoms with Crippen molar-refractivity contribution >= 4 is 40.2 Å². The smallest absolute Gasteiger partial charge is 0.337 e. The number of hydrogen-bond acceptors (Lipinski definition) is 3. The summed E-state index contributed by atoms with van der Waals surface area (Å²) >= 11 is 2.03. The van der Waals surface area contributed by atoms with Crippen LogP contribution in [0.25, 0.3) is 0 Å². The highest BCUT2D eigenvalue weighted by Crippen LogP contribution is 2.22. The van der Waals surface area contributed by atoms with Crippen LogP contribution in [-0.4, -0.2) is 22.1 Å².